The normalized spacial score (nSPS) is 28.2. The fourth-order valence-corrected chi connectivity index (χ4v) is 3.41. The lowest BCUT2D eigenvalue weighted by atomic mass is 10.0. The third kappa shape index (κ3) is 2.41. The molecule has 5 heteroatoms. The fraction of sp³-hybridized carbons (Fsp3) is 0.389. The van der Waals surface area contributed by atoms with Gasteiger partial charge in [0.15, 0.2) is 11.6 Å². The highest BCUT2D eigenvalue weighted by molar-refractivity contribution is 6.09. The van der Waals surface area contributed by atoms with Crippen LogP contribution in [-0.2, 0) is 16.0 Å². The molecule has 0 spiro atoms. The minimum Gasteiger partial charge on any atom is -0.388 e. The number of aromatic nitrogens is 1. The number of aliphatic hydroxyl groups is 1. The minimum atomic E-state index is -0.737. The summed E-state index contributed by atoms with van der Waals surface area (Å²) in [5, 5.41) is 10.3. The third-order valence-electron chi connectivity index (χ3n) is 4.41. The molecule has 2 aliphatic heterocycles. The Morgan fingerprint density at radius 3 is 2.70 bits per heavy atom. The summed E-state index contributed by atoms with van der Waals surface area (Å²) in [5.41, 5.74) is 2.13. The number of ketones is 1. The molecule has 120 valence electrons. The van der Waals surface area contributed by atoms with E-state index in [4.69, 9.17) is 9.47 Å². The Bertz CT molecular complexity index is 750. The van der Waals surface area contributed by atoms with Crippen LogP contribution in [-0.4, -0.2) is 33.5 Å². The molecule has 0 amide bonds. The first kappa shape index (κ1) is 14.6. The highest BCUT2D eigenvalue weighted by atomic mass is 16.8. The molecule has 2 aromatic rings. The van der Waals surface area contributed by atoms with Gasteiger partial charge in [0.2, 0.25) is 0 Å². The Morgan fingerprint density at radius 2 is 1.96 bits per heavy atom. The van der Waals surface area contributed by atoms with Gasteiger partial charge >= 0.3 is 0 Å². The fourth-order valence-electron chi connectivity index (χ4n) is 3.41. The van der Waals surface area contributed by atoms with E-state index in [1.165, 1.54) is 0 Å². The number of benzene rings is 1. The Morgan fingerprint density at radius 1 is 1.22 bits per heavy atom. The van der Waals surface area contributed by atoms with Crippen molar-refractivity contribution in [2.24, 2.45) is 0 Å². The van der Waals surface area contributed by atoms with Gasteiger partial charge in [0.05, 0.1) is 12.2 Å². The SMILES string of the molecule is CC1(C)O[C@@H]2[C@H](O)Cn3cc(C(=O)c4ccccc4)cc3[C@@H]2O1. The third-order valence-corrected chi connectivity index (χ3v) is 4.41. The van der Waals surface area contributed by atoms with Crippen molar-refractivity contribution in [2.75, 3.05) is 0 Å². The number of carbonyl (C=O) groups is 1. The summed E-state index contributed by atoms with van der Waals surface area (Å²) in [4.78, 5) is 12.6. The molecule has 1 saturated heterocycles. The molecule has 0 aliphatic carbocycles. The Labute approximate surface area is 134 Å². The van der Waals surface area contributed by atoms with Crippen molar-refractivity contribution in [3.05, 3.63) is 59.4 Å². The molecule has 3 atom stereocenters. The predicted molar refractivity (Wildman–Crippen MR) is 83.1 cm³/mol. The van der Waals surface area contributed by atoms with Crippen molar-refractivity contribution in [1.29, 1.82) is 0 Å². The second-order valence-corrected chi connectivity index (χ2v) is 6.59. The summed E-state index contributed by atoms with van der Waals surface area (Å²) >= 11 is 0. The van der Waals surface area contributed by atoms with Gasteiger partial charge in [-0.15, -0.1) is 0 Å². The first-order valence-electron chi connectivity index (χ1n) is 7.78. The van der Waals surface area contributed by atoms with E-state index in [-0.39, 0.29) is 11.9 Å². The van der Waals surface area contributed by atoms with E-state index < -0.39 is 18.0 Å². The van der Waals surface area contributed by atoms with Crippen LogP contribution in [0, 0.1) is 0 Å². The van der Waals surface area contributed by atoms with E-state index in [0.717, 1.165) is 5.69 Å². The van der Waals surface area contributed by atoms with E-state index >= 15 is 0 Å². The van der Waals surface area contributed by atoms with Crippen molar-refractivity contribution in [2.45, 2.75) is 44.5 Å². The zero-order valence-corrected chi connectivity index (χ0v) is 13.1. The number of fused-ring (bicyclic) bond motifs is 3. The van der Waals surface area contributed by atoms with Gasteiger partial charge in [0, 0.05) is 17.3 Å². The molecule has 23 heavy (non-hydrogen) atoms. The predicted octanol–water partition coefficient (Wildman–Crippen LogP) is 2.29. The smallest absolute Gasteiger partial charge is 0.194 e. The molecular weight excluding hydrogens is 294 g/mol. The molecule has 1 N–H and O–H groups in total. The summed E-state index contributed by atoms with van der Waals surface area (Å²) in [7, 11) is 0. The number of hydrogen-bond donors (Lipinski definition) is 1. The zero-order valence-electron chi connectivity index (χ0n) is 13.1. The molecule has 0 bridgehead atoms. The van der Waals surface area contributed by atoms with Gasteiger partial charge in [-0.3, -0.25) is 4.79 Å². The van der Waals surface area contributed by atoms with Crippen molar-refractivity contribution < 1.29 is 19.4 Å². The summed E-state index contributed by atoms with van der Waals surface area (Å²) in [6, 6.07) is 11.0. The van der Waals surface area contributed by atoms with Crippen LogP contribution in [0.2, 0.25) is 0 Å². The van der Waals surface area contributed by atoms with Crippen molar-refractivity contribution in [3.8, 4) is 0 Å². The highest BCUT2D eigenvalue weighted by Gasteiger charge is 2.49. The zero-order chi connectivity index (χ0) is 16.2. The quantitative estimate of drug-likeness (QED) is 0.864. The standard InChI is InChI=1S/C18H19NO4/c1-18(2)22-16-13-8-12(15(21)11-6-4-3-5-7-11)9-19(13)10-14(20)17(16)23-18/h3-9,14,16-17,20H,10H2,1-2H3/t14-,16+,17-/m1/s1. The molecular formula is C18H19NO4. The average molecular weight is 313 g/mol. The maximum absolute atomic E-state index is 12.6. The van der Waals surface area contributed by atoms with Crippen LogP contribution in [0.4, 0.5) is 0 Å². The van der Waals surface area contributed by atoms with Crippen LogP contribution >= 0.6 is 0 Å². The van der Waals surface area contributed by atoms with E-state index in [0.29, 0.717) is 17.7 Å². The van der Waals surface area contributed by atoms with Gasteiger partial charge in [0.25, 0.3) is 0 Å². The first-order valence-corrected chi connectivity index (χ1v) is 7.78. The topological polar surface area (TPSA) is 60.7 Å². The van der Waals surface area contributed by atoms with E-state index in [1.54, 1.807) is 18.3 Å². The molecule has 1 aromatic heterocycles. The van der Waals surface area contributed by atoms with Crippen LogP contribution in [0.1, 0.15) is 41.6 Å². The molecule has 3 heterocycles. The van der Waals surface area contributed by atoms with Gasteiger partial charge in [-0.25, -0.2) is 0 Å². The number of carbonyl (C=O) groups excluding carboxylic acids is 1. The summed E-state index contributed by atoms with van der Waals surface area (Å²) in [6.07, 6.45) is 0.387. The second-order valence-electron chi connectivity index (χ2n) is 6.59. The lowest BCUT2D eigenvalue weighted by Crippen LogP contribution is -2.39. The largest absolute Gasteiger partial charge is 0.388 e. The van der Waals surface area contributed by atoms with Gasteiger partial charge in [-0.05, 0) is 19.9 Å². The summed E-state index contributed by atoms with van der Waals surface area (Å²) < 4.78 is 13.6. The minimum absolute atomic E-state index is 0.0308. The van der Waals surface area contributed by atoms with E-state index in [1.807, 2.05) is 42.7 Å². The molecule has 0 saturated carbocycles. The summed E-state index contributed by atoms with van der Waals surface area (Å²) in [6.45, 7) is 4.07. The van der Waals surface area contributed by atoms with Gasteiger partial charge in [0.1, 0.15) is 18.3 Å². The average Bonchev–Trinajstić information content (AvgIpc) is 3.08. The number of rotatable bonds is 2. The lowest BCUT2D eigenvalue weighted by molar-refractivity contribution is -0.154. The van der Waals surface area contributed by atoms with Crippen LogP contribution in [0.5, 0.6) is 0 Å². The maximum Gasteiger partial charge on any atom is 0.194 e. The second kappa shape index (κ2) is 5.03. The van der Waals surface area contributed by atoms with Crippen LogP contribution in [0.3, 0.4) is 0 Å². The summed E-state index contributed by atoms with van der Waals surface area (Å²) in [5.74, 6) is -0.768. The monoisotopic (exact) mass is 313 g/mol. The molecule has 4 rings (SSSR count). The van der Waals surface area contributed by atoms with Gasteiger partial charge in [-0.1, -0.05) is 30.3 Å². The van der Waals surface area contributed by atoms with Crippen molar-refractivity contribution in [3.63, 3.8) is 0 Å². The number of nitrogens with zero attached hydrogens (tertiary/aromatic N) is 1. The molecule has 1 fully saturated rings. The Kier molecular flexibility index (Phi) is 3.20. The number of aliphatic hydroxyl groups excluding tert-OH is 1. The maximum atomic E-state index is 12.6. The van der Waals surface area contributed by atoms with Gasteiger partial charge in [-0.2, -0.15) is 0 Å². The Hall–Kier alpha value is -1.95. The Balaban J connectivity index is 1.71. The molecule has 2 aliphatic rings. The highest BCUT2D eigenvalue weighted by Crippen LogP contribution is 2.43. The van der Waals surface area contributed by atoms with Crippen LogP contribution < -0.4 is 0 Å². The van der Waals surface area contributed by atoms with Crippen molar-refractivity contribution in [1.82, 2.24) is 4.57 Å². The van der Waals surface area contributed by atoms with Crippen LogP contribution in [0.25, 0.3) is 0 Å². The van der Waals surface area contributed by atoms with Gasteiger partial charge < -0.3 is 19.1 Å². The molecule has 0 unspecified atom stereocenters. The van der Waals surface area contributed by atoms with E-state index in [2.05, 4.69) is 0 Å². The molecule has 1 aromatic carbocycles. The van der Waals surface area contributed by atoms with Crippen LogP contribution in [0.15, 0.2) is 42.6 Å². The first-order chi connectivity index (χ1) is 10.9. The molecule has 0 radical (unpaired) electrons. The van der Waals surface area contributed by atoms with Crippen molar-refractivity contribution >= 4 is 5.78 Å². The van der Waals surface area contributed by atoms with E-state index in [9.17, 15) is 9.90 Å². The molecule has 5 nitrogen and oxygen atoms in total. The number of hydrogen-bond acceptors (Lipinski definition) is 4. The number of ether oxygens (including phenoxy) is 2. The lowest BCUT2D eigenvalue weighted by Gasteiger charge is -2.29.